The molecule has 1 unspecified atom stereocenters. The van der Waals surface area contributed by atoms with Gasteiger partial charge in [0.2, 0.25) is 0 Å². The average molecular weight is 317 g/mol. The molecular weight excluding hydrogens is 302 g/mol. The number of rotatable bonds is 5. The summed E-state index contributed by atoms with van der Waals surface area (Å²) in [5, 5.41) is 0. The number of benzene rings is 1. The molecule has 1 atom stereocenters. The van der Waals surface area contributed by atoms with Crippen LogP contribution in [0.5, 0.6) is 23.8 Å². The van der Waals surface area contributed by atoms with Crippen LogP contribution in [0.3, 0.4) is 0 Å². The standard InChI is InChI=1S/C15H15N3O5/c1-4-9-8-6-5-7-10(11(8)12(19)22-9)23-15-17-13(20-2)16-14(18-15)21-3/h5-7,9H,4H2,1-3H3. The fourth-order valence-electron chi connectivity index (χ4n) is 2.32. The number of fused-ring (bicyclic) bond motifs is 1. The molecule has 0 saturated carbocycles. The van der Waals surface area contributed by atoms with Crippen LogP contribution in [-0.2, 0) is 4.74 Å². The van der Waals surface area contributed by atoms with E-state index in [1.54, 1.807) is 12.1 Å². The van der Waals surface area contributed by atoms with Crippen LogP contribution in [-0.4, -0.2) is 35.1 Å². The van der Waals surface area contributed by atoms with Crippen molar-refractivity contribution in [1.29, 1.82) is 0 Å². The van der Waals surface area contributed by atoms with Crippen molar-refractivity contribution in [3.05, 3.63) is 29.3 Å². The van der Waals surface area contributed by atoms with Crippen LogP contribution in [0.1, 0.15) is 35.4 Å². The van der Waals surface area contributed by atoms with Gasteiger partial charge in [-0.1, -0.05) is 19.1 Å². The largest absolute Gasteiger partial charge is 0.467 e. The molecule has 2 aromatic rings. The summed E-state index contributed by atoms with van der Waals surface area (Å²) in [6, 6.07) is 5.35. The second-order valence-electron chi connectivity index (χ2n) is 4.72. The van der Waals surface area contributed by atoms with Crippen LogP contribution < -0.4 is 14.2 Å². The highest BCUT2D eigenvalue weighted by Gasteiger charge is 2.33. The Labute approximate surface area is 132 Å². The van der Waals surface area contributed by atoms with Crippen LogP contribution >= 0.6 is 0 Å². The van der Waals surface area contributed by atoms with Gasteiger partial charge in [0.05, 0.1) is 14.2 Å². The third-order valence-corrected chi connectivity index (χ3v) is 3.37. The lowest BCUT2D eigenvalue weighted by atomic mass is 10.0. The second kappa shape index (κ2) is 6.07. The Hall–Kier alpha value is -2.90. The Morgan fingerprint density at radius 3 is 2.35 bits per heavy atom. The van der Waals surface area contributed by atoms with Crippen molar-refractivity contribution < 1.29 is 23.7 Å². The summed E-state index contributed by atoms with van der Waals surface area (Å²) >= 11 is 0. The molecule has 0 amide bonds. The van der Waals surface area contributed by atoms with E-state index in [-0.39, 0.29) is 24.1 Å². The first kappa shape index (κ1) is 15.0. The van der Waals surface area contributed by atoms with Gasteiger partial charge < -0.3 is 18.9 Å². The zero-order valence-corrected chi connectivity index (χ0v) is 12.9. The van der Waals surface area contributed by atoms with Crippen molar-refractivity contribution in [3.63, 3.8) is 0 Å². The molecule has 0 spiro atoms. The molecule has 0 radical (unpaired) electrons. The van der Waals surface area contributed by atoms with Crippen LogP contribution in [0.2, 0.25) is 0 Å². The lowest BCUT2D eigenvalue weighted by molar-refractivity contribution is 0.0377. The van der Waals surface area contributed by atoms with Crippen molar-refractivity contribution in [1.82, 2.24) is 15.0 Å². The molecule has 120 valence electrons. The lowest BCUT2D eigenvalue weighted by Crippen LogP contribution is -2.03. The predicted octanol–water partition coefficient (Wildman–Crippen LogP) is 2.30. The SMILES string of the molecule is CCC1OC(=O)c2c(Oc3nc(OC)nc(OC)n3)cccc21. The maximum absolute atomic E-state index is 12.1. The van der Waals surface area contributed by atoms with E-state index < -0.39 is 5.97 Å². The van der Waals surface area contributed by atoms with Gasteiger partial charge in [-0.15, -0.1) is 15.0 Å². The number of nitrogens with zero attached hydrogens (tertiary/aromatic N) is 3. The van der Waals surface area contributed by atoms with Crippen molar-refractivity contribution in [2.75, 3.05) is 14.2 Å². The number of hydrogen-bond donors (Lipinski definition) is 0. The topological polar surface area (TPSA) is 92.7 Å². The summed E-state index contributed by atoms with van der Waals surface area (Å²) in [6.45, 7) is 1.95. The first-order valence-electron chi connectivity index (χ1n) is 7.02. The van der Waals surface area contributed by atoms with E-state index >= 15 is 0 Å². The Kier molecular flexibility index (Phi) is 3.96. The molecule has 1 aliphatic rings. The Balaban J connectivity index is 1.99. The highest BCUT2D eigenvalue weighted by Crippen LogP contribution is 2.39. The third-order valence-electron chi connectivity index (χ3n) is 3.37. The van der Waals surface area contributed by atoms with Gasteiger partial charge in [-0.2, -0.15) is 0 Å². The molecule has 1 aromatic carbocycles. The molecule has 1 aromatic heterocycles. The van der Waals surface area contributed by atoms with Gasteiger partial charge in [0.1, 0.15) is 17.4 Å². The lowest BCUT2D eigenvalue weighted by Gasteiger charge is -2.09. The normalized spacial score (nSPS) is 15.8. The molecule has 8 heteroatoms. The van der Waals surface area contributed by atoms with Gasteiger partial charge in [0.25, 0.3) is 0 Å². The van der Waals surface area contributed by atoms with Crippen molar-refractivity contribution in [2.24, 2.45) is 0 Å². The highest BCUT2D eigenvalue weighted by atomic mass is 16.6. The first-order valence-corrected chi connectivity index (χ1v) is 7.02. The first-order chi connectivity index (χ1) is 11.2. The smallest absolute Gasteiger partial charge is 0.342 e. The minimum absolute atomic E-state index is 0.0325. The molecule has 0 saturated heterocycles. The van der Waals surface area contributed by atoms with E-state index in [9.17, 15) is 4.79 Å². The monoisotopic (exact) mass is 317 g/mol. The fraction of sp³-hybridized carbons (Fsp3) is 0.333. The number of hydrogen-bond acceptors (Lipinski definition) is 8. The van der Waals surface area contributed by atoms with Crippen molar-refractivity contribution in [2.45, 2.75) is 19.4 Å². The number of methoxy groups -OCH3 is 2. The van der Waals surface area contributed by atoms with Gasteiger partial charge in [0, 0.05) is 5.56 Å². The summed E-state index contributed by atoms with van der Waals surface area (Å²) in [4.78, 5) is 23.9. The van der Waals surface area contributed by atoms with Gasteiger partial charge >= 0.3 is 24.0 Å². The number of carbonyl (C=O) groups excluding carboxylic acids is 1. The van der Waals surface area contributed by atoms with Gasteiger partial charge in [-0.05, 0) is 12.5 Å². The van der Waals surface area contributed by atoms with E-state index in [1.807, 2.05) is 13.0 Å². The van der Waals surface area contributed by atoms with E-state index in [1.165, 1.54) is 14.2 Å². The molecule has 8 nitrogen and oxygen atoms in total. The minimum Gasteiger partial charge on any atom is -0.467 e. The number of carbonyl (C=O) groups is 1. The summed E-state index contributed by atoms with van der Waals surface area (Å²) < 4.78 is 20.9. The zero-order valence-electron chi connectivity index (χ0n) is 12.9. The Bertz CT molecular complexity index is 728. The maximum Gasteiger partial charge on any atom is 0.342 e. The molecule has 0 fully saturated rings. The third kappa shape index (κ3) is 2.75. The molecule has 23 heavy (non-hydrogen) atoms. The molecule has 0 aliphatic carbocycles. The fourth-order valence-corrected chi connectivity index (χ4v) is 2.32. The van der Waals surface area contributed by atoms with Crippen molar-refractivity contribution >= 4 is 5.97 Å². The maximum atomic E-state index is 12.1. The van der Waals surface area contributed by atoms with Gasteiger partial charge in [0.15, 0.2) is 0 Å². The Morgan fingerprint density at radius 1 is 1.09 bits per heavy atom. The average Bonchev–Trinajstić information content (AvgIpc) is 2.91. The van der Waals surface area contributed by atoms with Crippen LogP contribution in [0, 0.1) is 0 Å². The van der Waals surface area contributed by atoms with Crippen LogP contribution in [0.25, 0.3) is 0 Å². The number of cyclic esters (lactones) is 1. The van der Waals surface area contributed by atoms with Gasteiger partial charge in [-0.25, -0.2) is 4.79 Å². The summed E-state index contributed by atoms with van der Waals surface area (Å²) in [5.41, 5.74) is 1.18. The number of esters is 1. The minimum atomic E-state index is -0.421. The number of ether oxygens (including phenoxy) is 4. The molecular formula is C15H15N3O5. The highest BCUT2D eigenvalue weighted by molar-refractivity contribution is 5.97. The molecule has 0 N–H and O–H groups in total. The van der Waals surface area contributed by atoms with Crippen LogP contribution in [0.15, 0.2) is 18.2 Å². The van der Waals surface area contributed by atoms with E-state index in [4.69, 9.17) is 18.9 Å². The molecule has 3 rings (SSSR count). The van der Waals surface area contributed by atoms with E-state index in [0.717, 1.165) is 5.56 Å². The number of aromatic nitrogens is 3. The zero-order chi connectivity index (χ0) is 16.4. The summed E-state index contributed by atoms with van der Waals surface area (Å²) in [6.07, 6.45) is 0.429. The summed E-state index contributed by atoms with van der Waals surface area (Å²) in [5.74, 6) is -0.103. The van der Waals surface area contributed by atoms with Crippen molar-refractivity contribution in [3.8, 4) is 23.8 Å². The van der Waals surface area contributed by atoms with Gasteiger partial charge in [-0.3, -0.25) is 0 Å². The Morgan fingerprint density at radius 2 is 1.74 bits per heavy atom. The summed E-state index contributed by atoms with van der Waals surface area (Å²) in [7, 11) is 2.84. The quantitative estimate of drug-likeness (QED) is 0.776. The van der Waals surface area contributed by atoms with E-state index in [2.05, 4.69) is 15.0 Å². The van der Waals surface area contributed by atoms with E-state index in [0.29, 0.717) is 17.7 Å². The van der Waals surface area contributed by atoms with Crippen LogP contribution in [0.4, 0.5) is 0 Å². The molecule has 2 heterocycles. The predicted molar refractivity (Wildman–Crippen MR) is 77.9 cm³/mol. The second-order valence-corrected chi connectivity index (χ2v) is 4.72. The molecule has 1 aliphatic heterocycles. The molecule has 0 bridgehead atoms.